The van der Waals surface area contributed by atoms with Crippen LogP contribution in [0.4, 0.5) is 11.4 Å². The van der Waals surface area contributed by atoms with Crippen molar-refractivity contribution in [1.29, 1.82) is 0 Å². The summed E-state index contributed by atoms with van der Waals surface area (Å²) in [5, 5.41) is 12.4. The average Bonchev–Trinajstić information content (AvgIpc) is 2.90. The van der Waals surface area contributed by atoms with E-state index in [1.165, 1.54) is 0 Å². The van der Waals surface area contributed by atoms with Crippen LogP contribution in [0.1, 0.15) is 16.1 Å². The zero-order valence-corrected chi connectivity index (χ0v) is 10.0. The van der Waals surface area contributed by atoms with Gasteiger partial charge in [0.25, 0.3) is 5.91 Å². The predicted molar refractivity (Wildman–Crippen MR) is 70.2 cm³/mol. The maximum Gasteiger partial charge on any atom is 0.251 e. The van der Waals surface area contributed by atoms with Crippen molar-refractivity contribution >= 4 is 17.3 Å². The second-order valence-electron chi connectivity index (χ2n) is 3.82. The molecule has 1 amide bonds. The number of nitrogens with one attached hydrogen (secondary N) is 3. The first-order valence-electron chi connectivity index (χ1n) is 5.54. The van der Waals surface area contributed by atoms with Gasteiger partial charge in [0.05, 0.1) is 23.6 Å². The van der Waals surface area contributed by atoms with Crippen molar-refractivity contribution < 1.29 is 4.79 Å². The molecule has 6 heteroatoms. The number of nitrogen functional groups attached to an aromatic ring is 1. The number of anilines is 2. The smallest absolute Gasteiger partial charge is 0.251 e. The highest BCUT2D eigenvalue weighted by atomic mass is 16.1. The molecule has 0 fully saturated rings. The molecule has 0 spiro atoms. The van der Waals surface area contributed by atoms with E-state index in [4.69, 9.17) is 5.73 Å². The van der Waals surface area contributed by atoms with E-state index in [0.717, 1.165) is 11.4 Å². The zero-order chi connectivity index (χ0) is 13.0. The van der Waals surface area contributed by atoms with Crippen LogP contribution >= 0.6 is 0 Å². The van der Waals surface area contributed by atoms with Crippen molar-refractivity contribution in [2.45, 2.75) is 6.54 Å². The topological polar surface area (TPSA) is 95.8 Å². The van der Waals surface area contributed by atoms with Crippen LogP contribution in [-0.2, 0) is 6.54 Å². The molecule has 1 aromatic carbocycles. The second-order valence-corrected chi connectivity index (χ2v) is 3.82. The number of carbonyl (C=O) groups excluding carboxylic acids is 1. The SMILES string of the molecule is CNC(=O)c1ccc(N)c(NCc2ccn[nH]2)c1. The Morgan fingerprint density at radius 3 is 2.94 bits per heavy atom. The van der Waals surface area contributed by atoms with Crippen molar-refractivity contribution in [2.24, 2.45) is 0 Å². The van der Waals surface area contributed by atoms with Crippen molar-refractivity contribution in [3.63, 3.8) is 0 Å². The minimum absolute atomic E-state index is 0.139. The third-order valence-electron chi connectivity index (χ3n) is 2.57. The normalized spacial score (nSPS) is 10.1. The van der Waals surface area contributed by atoms with Gasteiger partial charge in [0.1, 0.15) is 0 Å². The summed E-state index contributed by atoms with van der Waals surface area (Å²) in [6, 6.07) is 6.99. The lowest BCUT2D eigenvalue weighted by molar-refractivity contribution is 0.0963. The van der Waals surface area contributed by atoms with Crippen LogP contribution in [0.25, 0.3) is 0 Å². The van der Waals surface area contributed by atoms with Gasteiger partial charge < -0.3 is 16.4 Å². The summed E-state index contributed by atoms with van der Waals surface area (Å²) in [6.45, 7) is 0.571. The summed E-state index contributed by atoms with van der Waals surface area (Å²) < 4.78 is 0. The minimum atomic E-state index is -0.139. The minimum Gasteiger partial charge on any atom is -0.397 e. The third kappa shape index (κ3) is 2.60. The molecule has 2 aromatic rings. The Balaban J connectivity index is 2.13. The number of carbonyl (C=O) groups is 1. The van der Waals surface area contributed by atoms with Crippen molar-refractivity contribution in [3.8, 4) is 0 Å². The van der Waals surface area contributed by atoms with Crippen molar-refractivity contribution in [1.82, 2.24) is 15.5 Å². The van der Waals surface area contributed by atoms with E-state index in [2.05, 4.69) is 20.8 Å². The molecule has 5 N–H and O–H groups in total. The molecule has 2 rings (SSSR count). The number of aromatic nitrogens is 2. The van der Waals surface area contributed by atoms with Gasteiger partial charge in [-0.2, -0.15) is 5.10 Å². The fourth-order valence-electron chi connectivity index (χ4n) is 1.57. The number of nitrogens with zero attached hydrogens (tertiary/aromatic N) is 1. The molecule has 6 nitrogen and oxygen atoms in total. The van der Waals surface area contributed by atoms with Crippen LogP contribution in [-0.4, -0.2) is 23.2 Å². The molecule has 0 saturated heterocycles. The molecule has 0 atom stereocenters. The van der Waals surface area contributed by atoms with Gasteiger partial charge in [-0.1, -0.05) is 0 Å². The lowest BCUT2D eigenvalue weighted by Crippen LogP contribution is -2.18. The molecule has 0 saturated carbocycles. The molecule has 0 bridgehead atoms. The number of nitrogens with two attached hydrogens (primary N) is 1. The van der Waals surface area contributed by atoms with Gasteiger partial charge in [-0.05, 0) is 24.3 Å². The molecule has 0 unspecified atom stereocenters. The zero-order valence-electron chi connectivity index (χ0n) is 10.0. The molecular weight excluding hydrogens is 230 g/mol. The molecule has 1 heterocycles. The lowest BCUT2D eigenvalue weighted by Gasteiger charge is -2.10. The highest BCUT2D eigenvalue weighted by Gasteiger charge is 2.06. The Morgan fingerprint density at radius 2 is 2.28 bits per heavy atom. The summed E-state index contributed by atoms with van der Waals surface area (Å²) in [4.78, 5) is 11.5. The predicted octanol–water partition coefficient (Wildman–Crippen LogP) is 0.964. The van der Waals surface area contributed by atoms with E-state index < -0.39 is 0 Å². The second kappa shape index (κ2) is 5.22. The number of rotatable bonds is 4. The molecule has 0 aliphatic rings. The molecule has 0 aliphatic heterocycles. The van der Waals surface area contributed by atoms with Crippen LogP contribution in [0, 0.1) is 0 Å². The molecule has 1 aromatic heterocycles. The molecule has 0 radical (unpaired) electrons. The highest BCUT2D eigenvalue weighted by molar-refractivity contribution is 5.96. The fourth-order valence-corrected chi connectivity index (χ4v) is 1.57. The van der Waals surface area contributed by atoms with Gasteiger partial charge >= 0.3 is 0 Å². The van der Waals surface area contributed by atoms with Gasteiger partial charge in [0, 0.05) is 18.8 Å². The summed E-state index contributed by atoms with van der Waals surface area (Å²) in [5.41, 5.74) is 8.69. The van der Waals surface area contributed by atoms with Gasteiger partial charge in [0.2, 0.25) is 0 Å². The number of H-pyrrole nitrogens is 1. The largest absolute Gasteiger partial charge is 0.397 e. The van der Waals surface area contributed by atoms with Gasteiger partial charge in [-0.15, -0.1) is 0 Å². The van der Waals surface area contributed by atoms with Gasteiger partial charge in [-0.25, -0.2) is 0 Å². The van der Waals surface area contributed by atoms with E-state index in [1.54, 1.807) is 31.4 Å². The standard InChI is InChI=1S/C12H15N5O/c1-14-12(18)8-2-3-10(13)11(6-8)15-7-9-4-5-16-17-9/h2-6,15H,7,13H2,1H3,(H,14,18)(H,16,17). The Morgan fingerprint density at radius 1 is 1.44 bits per heavy atom. The number of amides is 1. The van der Waals surface area contributed by atoms with Crippen LogP contribution in [0.5, 0.6) is 0 Å². The number of benzene rings is 1. The van der Waals surface area contributed by atoms with Gasteiger partial charge in [0.15, 0.2) is 0 Å². The highest BCUT2D eigenvalue weighted by Crippen LogP contribution is 2.20. The Kier molecular flexibility index (Phi) is 3.47. The fraction of sp³-hybridized carbons (Fsp3) is 0.167. The van der Waals surface area contributed by atoms with Crippen molar-refractivity contribution in [3.05, 3.63) is 41.7 Å². The molecule has 18 heavy (non-hydrogen) atoms. The first-order chi connectivity index (χ1) is 8.70. The number of aromatic amines is 1. The quantitative estimate of drug-likeness (QED) is 0.603. The Hall–Kier alpha value is -2.50. The number of hydrogen-bond acceptors (Lipinski definition) is 4. The average molecular weight is 245 g/mol. The summed E-state index contributed by atoms with van der Waals surface area (Å²) in [6.07, 6.45) is 1.68. The molecule has 0 aliphatic carbocycles. The van der Waals surface area contributed by atoms with Crippen LogP contribution < -0.4 is 16.4 Å². The van der Waals surface area contributed by atoms with Crippen LogP contribution in [0.2, 0.25) is 0 Å². The number of hydrogen-bond donors (Lipinski definition) is 4. The first-order valence-corrected chi connectivity index (χ1v) is 5.54. The van der Waals surface area contributed by atoms with E-state index in [9.17, 15) is 4.79 Å². The van der Waals surface area contributed by atoms with Gasteiger partial charge in [-0.3, -0.25) is 9.89 Å². The lowest BCUT2D eigenvalue weighted by atomic mass is 10.1. The Bertz CT molecular complexity index is 535. The van der Waals surface area contributed by atoms with Crippen LogP contribution in [0.3, 0.4) is 0 Å². The maximum atomic E-state index is 11.5. The van der Waals surface area contributed by atoms with E-state index in [0.29, 0.717) is 17.8 Å². The van der Waals surface area contributed by atoms with E-state index >= 15 is 0 Å². The first kappa shape index (κ1) is 12.0. The summed E-state index contributed by atoms with van der Waals surface area (Å²) >= 11 is 0. The third-order valence-corrected chi connectivity index (χ3v) is 2.57. The van der Waals surface area contributed by atoms with Crippen molar-refractivity contribution in [2.75, 3.05) is 18.1 Å². The monoisotopic (exact) mass is 245 g/mol. The summed E-state index contributed by atoms with van der Waals surface area (Å²) in [7, 11) is 1.59. The molecule has 94 valence electrons. The Labute approximate surface area is 105 Å². The van der Waals surface area contributed by atoms with E-state index in [1.807, 2.05) is 6.07 Å². The van der Waals surface area contributed by atoms with Crippen LogP contribution in [0.15, 0.2) is 30.5 Å². The summed E-state index contributed by atoms with van der Waals surface area (Å²) in [5.74, 6) is -0.139. The van der Waals surface area contributed by atoms with E-state index in [-0.39, 0.29) is 5.91 Å². The molecular formula is C12H15N5O. The maximum absolute atomic E-state index is 11.5.